The van der Waals surface area contributed by atoms with Gasteiger partial charge in [-0.1, -0.05) is 47.1 Å². The zero-order chi connectivity index (χ0) is 23.4. The van der Waals surface area contributed by atoms with Gasteiger partial charge in [-0.25, -0.2) is 0 Å². The van der Waals surface area contributed by atoms with Crippen LogP contribution in [0.2, 0.25) is 5.02 Å². The van der Waals surface area contributed by atoms with E-state index >= 15 is 0 Å². The van der Waals surface area contributed by atoms with Crippen molar-refractivity contribution in [1.82, 2.24) is 14.8 Å². The van der Waals surface area contributed by atoms with Crippen LogP contribution in [0.1, 0.15) is 11.1 Å². The molecule has 0 bridgehead atoms. The fourth-order valence-electron chi connectivity index (χ4n) is 3.28. The second-order valence-electron chi connectivity index (χ2n) is 7.45. The van der Waals surface area contributed by atoms with Crippen LogP contribution >= 0.6 is 23.4 Å². The summed E-state index contributed by atoms with van der Waals surface area (Å²) >= 11 is 7.49. The number of benzene rings is 3. The molecular formula is C25H23ClN4O2S. The summed E-state index contributed by atoms with van der Waals surface area (Å²) < 4.78 is 7.23. The van der Waals surface area contributed by atoms with Crippen LogP contribution in [0, 0.1) is 13.8 Å². The first-order valence-electron chi connectivity index (χ1n) is 10.3. The maximum Gasteiger partial charge on any atom is 0.234 e. The number of aromatic nitrogens is 3. The molecule has 168 valence electrons. The van der Waals surface area contributed by atoms with Crippen molar-refractivity contribution in [2.75, 3.05) is 18.2 Å². The molecule has 1 N–H and O–H groups in total. The first-order valence-corrected chi connectivity index (χ1v) is 11.7. The van der Waals surface area contributed by atoms with E-state index < -0.39 is 0 Å². The van der Waals surface area contributed by atoms with Gasteiger partial charge in [0.1, 0.15) is 5.75 Å². The summed E-state index contributed by atoms with van der Waals surface area (Å²) in [6, 6.07) is 21.2. The minimum Gasteiger partial charge on any atom is -0.497 e. The molecule has 0 aliphatic carbocycles. The van der Waals surface area contributed by atoms with Gasteiger partial charge in [0.15, 0.2) is 11.0 Å². The lowest BCUT2D eigenvalue weighted by molar-refractivity contribution is -0.113. The highest BCUT2D eigenvalue weighted by atomic mass is 35.5. The molecule has 0 radical (unpaired) electrons. The van der Waals surface area contributed by atoms with Gasteiger partial charge < -0.3 is 10.1 Å². The lowest BCUT2D eigenvalue weighted by Crippen LogP contribution is -2.15. The van der Waals surface area contributed by atoms with Crippen molar-refractivity contribution in [2.24, 2.45) is 0 Å². The lowest BCUT2D eigenvalue weighted by atomic mass is 10.2. The van der Waals surface area contributed by atoms with E-state index in [9.17, 15) is 4.79 Å². The van der Waals surface area contributed by atoms with E-state index in [0.717, 1.165) is 28.1 Å². The molecule has 1 aromatic heterocycles. The number of ether oxygens (including phenoxy) is 1. The highest BCUT2D eigenvalue weighted by molar-refractivity contribution is 7.99. The highest BCUT2D eigenvalue weighted by Gasteiger charge is 2.18. The molecule has 6 nitrogen and oxygen atoms in total. The molecule has 4 aromatic rings. The Labute approximate surface area is 202 Å². The minimum atomic E-state index is -0.144. The highest BCUT2D eigenvalue weighted by Crippen LogP contribution is 2.30. The largest absolute Gasteiger partial charge is 0.497 e. The Hall–Kier alpha value is -3.29. The molecule has 0 spiro atoms. The van der Waals surface area contributed by atoms with Crippen molar-refractivity contribution in [2.45, 2.75) is 19.0 Å². The minimum absolute atomic E-state index is 0.144. The van der Waals surface area contributed by atoms with Gasteiger partial charge in [0.05, 0.1) is 12.9 Å². The van der Waals surface area contributed by atoms with Crippen molar-refractivity contribution in [1.29, 1.82) is 0 Å². The number of rotatable bonds is 7. The summed E-state index contributed by atoms with van der Waals surface area (Å²) in [7, 11) is 1.63. The first-order chi connectivity index (χ1) is 16.0. The second kappa shape index (κ2) is 10.1. The molecule has 3 aromatic carbocycles. The predicted octanol–water partition coefficient (Wildman–Crippen LogP) is 5.94. The molecule has 0 aliphatic heterocycles. The van der Waals surface area contributed by atoms with E-state index in [0.29, 0.717) is 21.7 Å². The average Bonchev–Trinajstić information content (AvgIpc) is 3.25. The number of nitrogens with one attached hydrogen (secondary N) is 1. The Balaban J connectivity index is 1.60. The number of amides is 1. The third-order valence-corrected chi connectivity index (χ3v) is 6.49. The van der Waals surface area contributed by atoms with Crippen LogP contribution < -0.4 is 10.1 Å². The Morgan fingerprint density at radius 3 is 2.45 bits per heavy atom. The summed E-state index contributed by atoms with van der Waals surface area (Å²) in [5.41, 5.74) is 4.51. The molecule has 1 amide bonds. The summed E-state index contributed by atoms with van der Waals surface area (Å²) in [5, 5.41) is 13.0. The van der Waals surface area contributed by atoms with E-state index in [1.165, 1.54) is 11.8 Å². The fourth-order valence-corrected chi connectivity index (χ4v) is 4.20. The standard InChI is InChI=1S/C25H23ClN4O2S/c1-16-7-11-19(12-8-16)30-24(18-9-13-20(32-3)14-10-18)28-29-25(30)33-15-23(31)27-22-6-4-5-21(26)17(22)2/h4-14H,15H2,1-3H3,(H,27,31). The molecule has 0 aliphatic rings. The van der Waals surface area contributed by atoms with Crippen molar-refractivity contribution in [3.8, 4) is 22.8 Å². The molecule has 0 saturated carbocycles. The molecule has 33 heavy (non-hydrogen) atoms. The van der Waals surface area contributed by atoms with Gasteiger partial charge in [-0.2, -0.15) is 0 Å². The van der Waals surface area contributed by atoms with Gasteiger partial charge in [0.25, 0.3) is 0 Å². The Morgan fingerprint density at radius 2 is 1.76 bits per heavy atom. The van der Waals surface area contributed by atoms with Gasteiger partial charge >= 0.3 is 0 Å². The number of halogens is 1. The van der Waals surface area contributed by atoms with Gasteiger partial charge in [0, 0.05) is 22.0 Å². The van der Waals surface area contributed by atoms with E-state index in [4.69, 9.17) is 16.3 Å². The van der Waals surface area contributed by atoms with Crippen LogP contribution in [0.4, 0.5) is 5.69 Å². The van der Waals surface area contributed by atoms with Crippen molar-refractivity contribution in [3.05, 3.63) is 82.9 Å². The zero-order valence-electron chi connectivity index (χ0n) is 18.5. The number of anilines is 1. The molecule has 1 heterocycles. The maximum absolute atomic E-state index is 12.6. The SMILES string of the molecule is COc1ccc(-c2nnc(SCC(=O)Nc3cccc(Cl)c3C)n2-c2ccc(C)cc2)cc1. The number of hydrogen-bond donors (Lipinski definition) is 1. The number of carbonyl (C=O) groups excluding carboxylic acids is 1. The Morgan fingerprint density at radius 1 is 1.03 bits per heavy atom. The fraction of sp³-hybridized carbons (Fsp3) is 0.160. The zero-order valence-corrected chi connectivity index (χ0v) is 20.1. The normalized spacial score (nSPS) is 10.8. The maximum atomic E-state index is 12.6. The van der Waals surface area contributed by atoms with E-state index in [-0.39, 0.29) is 11.7 Å². The topological polar surface area (TPSA) is 69.0 Å². The lowest BCUT2D eigenvalue weighted by Gasteiger charge is -2.12. The molecule has 8 heteroatoms. The average molecular weight is 479 g/mol. The molecule has 4 rings (SSSR count). The van der Waals surface area contributed by atoms with Crippen LogP contribution in [0.3, 0.4) is 0 Å². The van der Waals surface area contributed by atoms with E-state index in [1.807, 2.05) is 79.1 Å². The smallest absolute Gasteiger partial charge is 0.234 e. The number of aryl methyl sites for hydroxylation is 1. The molecule has 0 fully saturated rings. The van der Waals surface area contributed by atoms with Crippen LogP contribution in [0.15, 0.2) is 71.9 Å². The molecule has 0 saturated heterocycles. The first kappa shape index (κ1) is 22.9. The number of methoxy groups -OCH3 is 1. The molecular weight excluding hydrogens is 456 g/mol. The Kier molecular flexibility index (Phi) is 7.01. The van der Waals surface area contributed by atoms with Crippen LogP contribution in [0.5, 0.6) is 5.75 Å². The summed E-state index contributed by atoms with van der Waals surface area (Å²) in [4.78, 5) is 12.6. The number of thioether (sulfide) groups is 1. The second-order valence-corrected chi connectivity index (χ2v) is 8.80. The van der Waals surface area contributed by atoms with Crippen LogP contribution in [-0.4, -0.2) is 33.5 Å². The molecule has 0 unspecified atom stereocenters. The third-order valence-electron chi connectivity index (χ3n) is 5.15. The van der Waals surface area contributed by atoms with E-state index in [1.54, 1.807) is 13.2 Å². The third kappa shape index (κ3) is 5.21. The van der Waals surface area contributed by atoms with Crippen molar-refractivity contribution in [3.63, 3.8) is 0 Å². The van der Waals surface area contributed by atoms with Crippen molar-refractivity contribution >= 4 is 35.0 Å². The van der Waals surface area contributed by atoms with Gasteiger partial charge in [0.2, 0.25) is 5.91 Å². The van der Waals surface area contributed by atoms with E-state index in [2.05, 4.69) is 15.5 Å². The van der Waals surface area contributed by atoms with Gasteiger partial charge in [-0.15, -0.1) is 10.2 Å². The number of carbonyl (C=O) groups is 1. The Bertz CT molecular complexity index is 1270. The van der Waals surface area contributed by atoms with Crippen molar-refractivity contribution < 1.29 is 9.53 Å². The van der Waals surface area contributed by atoms with Crippen LogP contribution in [0.25, 0.3) is 17.1 Å². The summed E-state index contributed by atoms with van der Waals surface area (Å²) in [5.74, 6) is 1.49. The van der Waals surface area contributed by atoms with Gasteiger partial charge in [-0.05, 0) is 67.9 Å². The summed E-state index contributed by atoms with van der Waals surface area (Å²) in [6.45, 7) is 3.92. The predicted molar refractivity (Wildman–Crippen MR) is 134 cm³/mol. The molecule has 0 atom stereocenters. The van der Waals surface area contributed by atoms with Gasteiger partial charge in [-0.3, -0.25) is 9.36 Å². The summed E-state index contributed by atoms with van der Waals surface area (Å²) in [6.07, 6.45) is 0. The monoisotopic (exact) mass is 478 g/mol. The quantitative estimate of drug-likeness (QED) is 0.333. The van der Waals surface area contributed by atoms with Crippen LogP contribution in [-0.2, 0) is 4.79 Å². The number of nitrogens with zero attached hydrogens (tertiary/aromatic N) is 3. The number of hydrogen-bond acceptors (Lipinski definition) is 5.